The van der Waals surface area contributed by atoms with Crippen molar-refractivity contribution >= 4 is 5.91 Å². The molecule has 0 aliphatic carbocycles. The number of unbranched alkanes of at least 4 members (excludes halogenated alkanes) is 1. The topological polar surface area (TPSA) is 32.3 Å². The molecule has 108 valence electrons. The lowest BCUT2D eigenvalue weighted by molar-refractivity contribution is -0.132. The van der Waals surface area contributed by atoms with Crippen molar-refractivity contribution in [3.8, 4) is 0 Å². The molecule has 0 aliphatic rings. The fraction of sp³-hybridized carbons (Fsp3) is 0.933. The fourth-order valence-electron chi connectivity index (χ4n) is 2.34. The largest absolute Gasteiger partial charge is 0.342 e. The molecule has 0 aromatic rings. The van der Waals surface area contributed by atoms with Crippen molar-refractivity contribution in [1.82, 2.24) is 10.2 Å². The van der Waals surface area contributed by atoms with Crippen LogP contribution in [0, 0.1) is 0 Å². The predicted molar refractivity (Wildman–Crippen MR) is 78.7 cm³/mol. The number of rotatable bonds is 10. The Morgan fingerprint density at radius 2 is 1.67 bits per heavy atom. The zero-order valence-corrected chi connectivity index (χ0v) is 13.0. The van der Waals surface area contributed by atoms with Crippen LogP contribution in [0.15, 0.2) is 0 Å². The van der Waals surface area contributed by atoms with E-state index in [4.69, 9.17) is 0 Å². The van der Waals surface area contributed by atoms with Gasteiger partial charge in [-0.1, -0.05) is 33.1 Å². The van der Waals surface area contributed by atoms with Gasteiger partial charge in [-0.15, -0.1) is 0 Å². The molecule has 0 fully saturated rings. The third-order valence-electron chi connectivity index (χ3n) is 3.47. The van der Waals surface area contributed by atoms with E-state index in [-0.39, 0.29) is 11.9 Å². The molecule has 0 spiro atoms. The molecule has 0 aromatic carbocycles. The van der Waals surface area contributed by atoms with Crippen LogP contribution in [-0.4, -0.2) is 36.0 Å². The third-order valence-corrected chi connectivity index (χ3v) is 3.47. The number of likely N-dealkylation sites (N-methyl/N-ethyl adjacent to an activating group) is 1. The summed E-state index contributed by atoms with van der Waals surface area (Å²) < 4.78 is 0. The van der Waals surface area contributed by atoms with Crippen LogP contribution >= 0.6 is 0 Å². The van der Waals surface area contributed by atoms with Gasteiger partial charge >= 0.3 is 0 Å². The van der Waals surface area contributed by atoms with Crippen molar-refractivity contribution in [2.75, 3.05) is 13.1 Å². The molecule has 2 atom stereocenters. The van der Waals surface area contributed by atoms with Crippen molar-refractivity contribution < 1.29 is 4.79 Å². The van der Waals surface area contributed by atoms with Gasteiger partial charge in [-0.2, -0.15) is 0 Å². The smallest absolute Gasteiger partial charge is 0.239 e. The molecular weight excluding hydrogens is 224 g/mol. The van der Waals surface area contributed by atoms with Crippen molar-refractivity contribution in [2.45, 2.75) is 78.8 Å². The summed E-state index contributed by atoms with van der Waals surface area (Å²) in [6.45, 7) is 12.1. The zero-order valence-electron chi connectivity index (χ0n) is 13.0. The van der Waals surface area contributed by atoms with Gasteiger partial charge in [-0.3, -0.25) is 4.79 Å². The first-order chi connectivity index (χ1) is 8.60. The Bertz CT molecular complexity index is 215. The highest BCUT2D eigenvalue weighted by Crippen LogP contribution is 2.08. The van der Waals surface area contributed by atoms with Gasteiger partial charge in [0, 0.05) is 19.1 Å². The van der Waals surface area contributed by atoms with Crippen molar-refractivity contribution in [2.24, 2.45) is 0 Å². The van der Waals surface area contributed by atoms with Crippen LogP contribution in [0.25, 0.3) is 0 Å². The van der Waals surface area contributed by atoms with E-state index in [9.17, 15) is 4.79 Å². The molecule has 0 saturated carbocycles. The summed E-state index contributed by atoms with van der Waals surface area (Å²) in [6.07, 6.45) is 5.98. The predicted octanol–water partition coefficient (Wildman–Crippen LogP) is 3.19. The molecule has 2 unspecified atom stereocenters. The van der Waals surface area contributed by atoms with Gasteiger partial charge < -0.3 is 10.2 Å². The molecule has 0 saturated heterocycles. The maximum absolute atomic E-state index is 12.2. The summed E-state index contributed by atoms with van der Waals surface area (Å²) in [6, 6.07) is 0.433. The van der Waals surface area contributed by atoms with Gasteiger partial charge in [-0.05, 0) is 33.6 Å². The first-order valence-electron chi connectivity index (χ1n) is 7.65. The van der Waals surface area contributed by atoms with Crippen LogP contribution in [-0.2, 0) is 4.79 Å². The van der Waals surface area contributed by atoms with Crippen LogP contribution in [0.2, 0.25) is 0 Å². The average Bonchev–Trinajstić information content (AvgIpc) is 2.37. The lowest BCUT2D eigenvalue weighted by atomic mass is 10.0. The minimum Gasteiger partial charge on any atom is -0.342 e. The summed E-state index contributed by atoms with van der Waals surface area (Å²) in [5.74, 6) is 0.234. The SMILES string of the molecule is CCCCC(CCC)NC(C)C(=O)N(CC)CC. The Kier molecular flexibility index (Phi) is 10.0. The van der Waals surface area contributed by atoms with E-state index in [0.717, 1.165) is 19.5 Å². The van der Waals surface area contributed by atoms with E-state index in [0.29, 0.717) is 6.04 Å². The number of hydrogen-bond donors (Lipinski definition) is 1. The van der Waals surface area contributed by atoms with Gasteiger partial charge in [0.05, 0.1) is 6.04 Å². The van der Waals surface area contributed by atoms with Crippen molar-refractivity contribution in [3.63, 3.8) is 0 Å². The maximum Gasteiger partial charge on any atom is 0.239 e. The van der Waals surface area contributed by atoms with Crippen molar-refractivity contribution in [3.05, 3.63) is 0 Å². The molecule has 18 heavy (non-hydrogen) atoms. The lowest BCUT2D eigenvalue weighted by Gasteiger charge is -2.27. The number of carbonyl (C=O) groups is 1. The molecule has 1 amide bonds. The Morgan fingerprint density at radius 1 is 1.06 bits per heavy atom. The van der Waals surface area contributed by atoms with E-state index in [2.05, 4.69) is 19.2 Å². The summed E-state index contributed by atoms with van der Waals surface area (Å²) in [7, 11) is 0. The van der Waals surface area contributed by atoms with Crippen LogP contribution in [0.3, 0.4) is 0 Å². The highest BCUT2D eigenvalue weighted by molar-refractivity contribution is 5.81. The van der Waals surface area contributed by atoms with Gasteiger partial charge in [0.25, 0.3) is 0 Å². The van der Waals surface area contributed by atoms with Gasteiger partial charge in [0.15, 0.2) is 0 Å². The number of nitrogens with one attached hydrogen (secondary N) is 1. The van der Waals surface area contributed by atoms with Crippen LogP contribution < -0.4 is 5.32 Å². The molecule has 0 heterocycles. The standard InChI is InChI=1S/C15H32N2O/c1-6-10-12-14(11-7-2)16-13(5)15(18)17(8-3)9-4/h13-14,16H,6-12H2,1-5H3. The first-order valence-corrected chi connectivity index (χ1v) is 7.65. The van der Waals surface area contributed by atoms with E-state index < -0.39 is 0 Å². The monoisotopic (exact) mass is 256 g/mol. The highest BCUT2D eigenvalue weighted by Gasteiger charge is 2.20. The Hall–Kier alpha value is -0.570. The van der Waals surface area contributed by atoms with Gasteiger partial charge in [-0.25, -0.2) is 0 Å². The molecule has 0 rings (SSSR count). The van der Waals surface area contributed by atoms with Crippen LogP contribution in [0.1, 0.15) is 66.7 Å². The van der Waals surface area contributed by atoms with E-state index in [1.165, 1.54) is 25.7 Å². The number of nitrogens with zero attached hydrogens (tertiary/aromatic N) is 1. The summed E-state index contributed by atoms with van der Waals surface area (Å²) in [5, 5.41) is 3.51. The second-order valence-corrected chi connectivity index (χ2v) is 5.03. The molecule has 3 nitrogen and oxygen atoms in total. The molecular formula is C15H32N2O. The second kappa shape index (κ2) is 10.4. The molecule has 1 N–H and O–H groups in total. The average molecular weight is 256 g/mol. The van der Waals surface area contributed by atoms with E-state index in [1.54, 1.807) is 0 Å². The molecule has 0 aliphatic heterocycles. The molecule has 0 aromatic heterocycles. The van der Waals surface area contributed by atoms with E-state index in [1.807, 2.05) is 25.7 Å². The molecule has 3 heteroatoms. The molecule has 0 bridgehead atoms. The Morgan fingerprint density at radius 3 is 2.11 bits per heavy atom. The Balaban J connectivity index is 4.29. The zero-order chi connectivity index (χ0) is 14.0. The number of hydrogen-bond acceptors (Lipinski definition) is 2. The quantitative estimate of drug-likeness (QED) is 0.651. The van der Waals surface area contributed by atoms with Crippen molar-refractivity contribution in [1.29, 1.82) is 0 Å². The van der Waals surface area contributed by atoms with Crippen LogP contribution in [0.4, 0.5) is 0 Å². The summed E-state index contributed by atoms with van der Waals surface area (Å²) in [5.41, 5.74) is 0. The Labute approximate surface area is 113 Å². The van der Waals surface area contributed by atoms with Crippen LogP contribution in [0.5, 0.6) is 0 Å². The first kappa shape index (κ1) is 17.4. The highest BCUT2D eigenvalue weighted by atomic mass is 16.2. The fourth-order valence-corrected chi connectivity index (χ4v) is 2.34. The molecule has 0 radical (unpaired) electrons. The normalized spacial score (nSPS) is 14.3. The summed E-state index contributed by atoms with van der Waals surface area (Å²) in [4.78, 5) is 14.1. The maximum atomic E-state index is 12.2. The number of carbonyl (C=O) groups excluding carboxylic acids is 1. The third kappa shape index (κ3) is 6.39. The second-order valence-electron chi connectivity index (χ2n) is 5.03. The van der Waals surface area contributed by atoms with Gasteiger partial charge in [0.1, 0.15) is 0 Å². The number of amides is 1. The summed E-state index contributed by atoms with van der Waals surface area (Å²) >= 11 is 0. The lowest BCUT2D eigenvalue weighted by Crippen LogP contribution is -2.48. The minimum atomic E-state index is -0.0571. The minimum absolute atomic E-state index is 0.0571. The van der Waals surface area contributed by atoms with E-state index >= 15 is 0 Å². The van der Waals surface area contributed by atoms with Gasteiger partial charge in [0.2, 0.25) is 5.91 Å².